The summed E-state index contributed by atoms with van der Waals surface area (Å²) in [5.41, 5.74) is 1.07. The molecule has 0 bridgehead atoms. The van der Waals surface area contributed by atoms with Crippen LogP contribution >= 0.6 is 0 Å². The molecule has 0 heterocycles. The number of carbonyl (C=O) groups is 1. The Balaban J connectivity index is 2.33. The standard InChI is InChI=1S/C15H25N3O2/c1-17(2)9-10-20-14-7-5-13(6-8-14)11-16-15(19)12-18(3)4/h5-8H,9-12H2,1-4H3,(H,16,19). The molecule has 0 unspecified atom stereocenters. The average molecular weight is 279 g/mol. The molecule has 0 saturated carbocycles. The van der Waals surface area contributed by atoms with E-state index in [0.29, 0.717) is 19.7 Å². The predicted molar refractivity (Wildman–Crippen MR) is 80.9 cm³/mol. The number of carbonyl (C=O) groups excluding carboxylic acids is 1. The van der Waals surface area contributed by atoms with E-state index < -0.39 is 0 Å². The zero-order chi connectivity index (χ0) is 15.0. The van der Waals surface area contributed by atoms with E-state index in [2.05, 4.69) is 10.2 Å². The van der Waals surface area contributed by atoms with Crippen LogP contribution in [0.3, 0.4) is 0 Å². The lowest BCUT2D eigenvalue weighted by Crippen LogP contribution is -2.32. The summed E-state index contributed by atoms with van der Waals surface area (Å²) >= 11 is 0. The normalized spacial score (nSPS) is 10.9. The van der Waals surface area contributed by atoms with Gasteiger partial charge in [0, 0.05) is 13.1 Å². The van der Waals surface area contributed by atoms with Crippen molar-refractivity contribution in [3.05, 3.63) is 29.8 Å². The number of likely N-dealkylation sites (N-methyl/N-ethyl adjacent to an activating group) is 2. The van der Waals surface area contributed by atoms with Gasteiger partial charge in [-0.3, -0.25) is 4.79 Å². The molecule has 0 radical (unpaired) electrons. The number of hydrogen-bond acceptors (Lipinski definition) is 4. The van der Waals surface area contributed by atoms with Gasteiger partial charge >= 0.3 is 0 Å². The van der Waals surface area contributed by atoms with Crippen LogP contribution in [0, 0.1) is 0 Å². The van der Waals surface area contributed by atoms with Crippen LogP contribution in [-0.2, 0) is 11.3 Å². The number of nitrogens with one attached hydrogen (secondary N) is 1. The van der Waals surface area contributed by atoms with Gasteiger partial charge < -0.3 is 19.9 Å². The van der Waals surface area contributed by atoms with Gasteiger partial charge in [-0.05, 0) is 45.9 Å². The molecule has 0 atom stereocenters. The van der Waals surface area contributed by atoms with Crippen LogP contribution in [0.15, 0.2) is 24.3 Å². The first kappa shape index (κ1) is 16.5. The van der Waals surface area contributed by atoms with Gasteiger partial charge in [0.15, 0.2) is 0 Å². The van der Waals surface area contributed by atoms with E-state index in [0.717, 1.165) is 17.9 Å². The number of rotatable bonds is 8. The molecule has 0 spiro atoms. The molecule has 20 heavy (non-hydrogen) atoms. The Bertz CT molecular complexity index is 402. The van der Waals surface area contributed by atoms with E-state index in [1.807, 2.05) is 57.4 Å². The summed E-state index contributed by atoms with van der Waals surface area (Å²) in [5, 5.41) is 2.88. The molecular weight excluding hydrogens is 254 g/mol. The highest BCUT2D eigenvalue weighted by molar-refractivity contribution is 5.77. The summed E-state index contributed by atoms with van der Waals surface area (Å²) in [4.78, 5) is 15.4. The number of ether oxygens (including phenoxy) is 1. The average Bonchev–Trinajstić information content (AvgIpc) is 2.36. The van der Waals surface area contributed by atoms with E-state index in [-0.39, 0.29) is 5.91 Å². The van der Waals surface area contributed by atoms with Crippen LogP contribution in [0.1, 0.15) is 5.56 Å². The van der Waals surface area contributed by atoms with E-state index >= 15 is 0 Å². The second kappa shape index (κ2) is 8.55. The lowest BCUT2D eigenvalue weighted by atomic mass is 10.2. The minimum absolute atomic E-state index is 0.0290. The van der Waals surface area contributed by atoms with Crippen molar-refractivity contribution in [2.75, 3.05) is 47.9 Å². The molecule has 112 valence electrons. The third-order valence-corrected chi connectivity index (χ3v) is 2.68. The zero-order valence-corrected chi connectivity index (χ0v) is 12.8. The van der Waals surface area contributed by atoms with Crippen molar-refractivity contribution < 1.29 is 9.53 Å². The molecule has 0 aliphatic rings. The minimum Gasteiger partial charge on any atom is -0.492 e. The second-order valence-corrected chi connectivity index (χ2v) is 5.31. The molecule has 1 N–H and O–H groups in total. The summed E-state index contributed by atoms with van der Waals surface area (Å²) in [7, 11) is 7.78. The Morgan fingerprint density at radius 2 is 1.75 bits per heavy atom. The number of hydrogen-bond donors (Lipinski definition) is 1. The van der Waals surface area contributed by atoms with Crippen molar-refractivity contribution >= 4 is 5.91 Å². The fraction of sp³-hybridized carbons (Fsp3) is 0.533. The van der Waals surface area contributed by atoms with Gasteiger partial charge in [-0.25, -0.2) is 0 Å². The monoisotopic (exact) mass is 279 g/mol. The summed E-state index contributed by atoms with van der Waals surface area (Å²) in [6.07, 6.45) is 0. The van der Waals surface area contributed by atoms with Crippen LogP contribution in [0.2, 0.25) is 0 Å². The fourth-order valence-electron chi connectivity index (χ4n) is 1.59. The SMILES string of the molecule is CN(C)CCOc1ccc(CNC(=O)CN(C)C)cc1. The molecule has 0 fully saturated rings. The maximum Gasteiger partial charge on any atom is 0.234 e. The third-order valence-electron chi connectivity index (χ3n) is 2.68. The van der Waals surface area contributed by atoms with Crippen LogP contribution in [0.5, 0.6) is 5.75 Å². The summed E-state index contributed by atoms with van der Waals surface area (Å²) in [6, 6.07) is 7.81. The van der Waals surface area contributed by atoms with Crippen molar-refractivity contribution in [1.82, 2.24) is 15.1 Å². The molecular formula is C15H25N3O2. The highest BCUT2D eigenvalue weighted by atomic mass is 16.5. The fourth-order valence-corrected chi connectivity index (χ4v) is 1.59. The molecule has 1 aromatic carbocycles. The molecule has 0 aliphatic heterocycles. The Morgan fingerprint density at radius 3 is 2.30 bits per heavy atom. The van der Waals surface area contributed by atoms with Gasteiger partial charge in [0.05, 0.1) is 6.54 Å². The molecule has 5 nitrogen and oxygen atoms in total. The van der Waals surface area contributed by atoms with Crippen molar-refractivity contribution in [3.8, 4) is 5.75 Å². The maximum absolute atomic E-state index is 11.5. The van der Waals surface area contributed by atoms with Crippen LogP contribution in [0.25, 0.3) is 0 Å². The smallest absolute Gasteiger partial charge is 0.234 e. The highest BCUT2D eigenvalue weighted by Crippen LogP contribution is 2.11. The van der Waals surface area contributed by atoms with Crippen LogP contribution in [-0.4, -0.2) is 63.6 Å². The Morgan fingerprint density at radius 1 is 1.10 bits per heavy atom. The number of nitrogens with zero attached hydrogens (tertiary/aromatic N) is 2. The molecule has 0 saturated heterocycles. The molecule has 0 aromatic heterocycles. The van der Waals surface area contributed by atoms with E-state index in [4.69, 9.17) is 4.74 Å². The second-order valence-electron chi connectivity index (χ2n) is 5.31. The summed E-state index contributed by atoms with van der Waals surface area (Å²) in [6.45, 7) is 2.52. The van der Waals surface area contributed by atoms with E-state index in [1.165, 1.54) is 0 Å². The van der Waals surface area contributed by atoms with E-state index in [9.17, 15) is 4.79 Å². The molecule has 5 heteroatoms. The Hall–Kier alpha value is -1.59. The predicted octanol–water partition coefficient (Wildman–Crippen LogP) is 0.805. The Kier molecular flexibility index (Phi) is 7.04. The van der Waals surface area contributed by atoms with Crippen molar-refractivity contribution in [2.24, 2.45) is 0 Å². The molecule has 1 aromatic rings. The van der Waals surface area contributed by atoms with Crippen molar-refractivity contribution in [3.63, 3.8) is 0 Å². The van der Waals surface area contributed by atoms with Gasteiger partial charge in [-0.1, -0.05) is 12.1 Å². The highest BCUT2D eigenvalue weighted by Gasteiger charge is 2.02. The third kappa shape index (κ3) is 7.11. The first-order chi connectivity index (χ1) is 9.47. The quantitative estimate of drug-likeness (QED) is 0.765. The largest absolute Gasteiger partial charge is 0.492 e. The first-order valence-electron chi connectivity index (χ1n) is 6.75. The van der Waals surface area contributed by atoms with Crippen molar-refractivity contribution in [1.29, 1.82) is 0 Å². The molecule has 1 rings (SSSR count). The zero-order valence-electron chi connectivity index (χ0n) is 12.8. The summed E-state index contributed by atoms with van der Waals surface area (Å²) < 4.78 is 5.61. The van der Waals surface area contributed by atoms with Gasteiger partial charge in [0.25, 0.3) is 0 Å². The minimum atomic E-state index is 0.0290. The van der Waals surface area contributed by atoms with Gasteiger partial charge in [-0.15, -0.1) is 0 Å². The number of benzene rings is 1. The first-order valence-corrected chi connectivity index (χ1v) is 6.75. The molecule has 0 aliphatic carbocycles. The van der Waals surface area contributed by atoms with Crippen LogP contribution in [0.4, 0.5) is 0 Å². The van der Waals surface area contributed by atoms with Crippen LogP contribution < -0.4 is 10.1 Å². The Labute approximate surface area is 121 Å². The van der Waals surface area contributed by atoms with Crippen molar-refractivity contribution in [2.45, 2.75) is 6.54 Å². The number of amides is 1. The van der Waals surface area contributed by atoms with Gasteiger partial charge in [0.2, 0.25) is 5.91 Å². The lowest BCUT2D eigenvalue weighted by Gasteiger charge is -2.12. The summed E-state index contributed by atoms with van der Waals surface area (Å²) in [5.74, 6) is 0.886. The van der Waals surface area contributed by atoms with E-state index in [1.54, 1.807) is 0 Å². The lowest BCUT2D eigenvalue weighted by molar-refractivity contribution is -0.121. The maximum atomic E-state index is 11.5. The van der Waals surface area contributed by atoms with Gasteiger partial charge in [-0.2, -0.15) is 0 Å². The van der Waals surface area contributed by atoms with Gasteiger partial charge in [0.1, 0.15) is 12.4 Å². The topological polar surface area (TPSA) is 44.8 Å². The molecule has 1 amide bonds.